The number of aryl methyl sites for hydroxylation is 2. The van der Waals surface area contributed by atoms with Crippen molar-refractivity contribution < 1.29 is 4.74 Å². The molecule has 0 radical (unpaired) electrons. The summed E-state index contributed by atoms with van der Waals surface area (Å²) in [6, 6.07) is 13.7. The third-order valence-corrected chi connectivity index (χ3v) is 6.98. The number of methoxy groups -OCH3 is 1. The second kappa shape index (κ2) is 9.59. The molecule has 9 heteroatoms. The molecule has 2 aromatic heterocycles. The fourth-order valence-electron chi connectivity index (χ4n) is 4.70. The highest BCUT2D eigenvalue weighted by atomic mass is 16.5. The Morgan fingerprint density at radius 1 is 1.03 bits per heavy atom. The van der Waals surface area contributed by atoms with E-state index in [2.05, 4.69) is 57.3 Å². The van der Waals surface area contributed by atoms with Gasteiger partial charge in [-0.15, -0.1) is 5.10 Å². The number of piperazine rings is 1. The van der Waals surface area contributed by atoms with Crippen LogP contribution in [0.1, 0.15) is 34.1 Å². The molecule has 4 aromatic rings. The van der Waals surface area contributed by atoms with Crippen LogP contribution < -0.4 is 10.3 Å². The van der Waals surface area contributed by atoms with Crippen molar-refractivity contribution in [3.8, 4) is 5.75 Å². The van der Waals surface area contributed by atoms with Crippen LogP contribution in [0.5, 0.6) is 5.75 Å². The molecular formula is C26H31N7O2. The fraction of sp³-hybridized carbons (Fsp3) is 0.385. The summed E-state index contributed by atoms with van der Waals surface area (Å²) in [6.45, 7) is 8.12. The van der Waals surface area contributed by atoms with E-state index < -0.39 is 0 Å². The number of fused-ring (bicyclic) bond motifs is 1. The van der Waals surface area contributed by atoms with Gasteiger partial charge in [0, 0.05) is 37.3 Å². The number of likely N-dealkylation sites (N-methyl/N-ethyl adjacent to an activating group) is 1. The van der Waals surface area contributed by atoms with Gasteiger partial charge in [-0.2, -0.15) is 0 Å². The summed E-state index contributed by atoms with van der Waals surface area (Å²) in [5, 5.41) is 13.8. The number of tetrazole rings is 1. The van der Waals surface area contributed by atoms with Gasteiger partial charge in [0.15, 0.2) is 5.82 Å². The summed E-state index contributed by atoms with van der Waals surface area (Å²) in [5.74, 6) is 1.47. The molecule has 0 saturated carbocycles. The molecule has 1 atom stereocenters. The molecule has 5 rings (SSSR count). The predicted molar refractivity (Wildman–Crippen MR) is 135 cm³/mol. The Kier molecular flexibility index (Phi) is 6.36. The maximum absolute atomic E-state index is 13.4. The highest BCUT2D eigenvalue weighted by Gasteiger charge is 2.32. The van der Waals surface area contributed by atoms with E-state index in [1.807, 2.05) is 36.4 Å². The normalized spacial score (nSPS) is 16.0. The van der Waals surface area contributed by atoms with Gasteiger partial charge < -0.3 is 14.6 Å². The number of hydrogen-bond acceptors (Lipinski definition) is 7. The third-order valence-electron chi connectivity index (χ3n) is 6.98. The average molecular weight is 474 g/mol. The lowest BCUT2D eigenvalue weighted by Crippen LogP contribution is -2.47. The maximum atomic E-state index is 13.4. The van der Waals surface area contributed by atoms with E-state index in [1.165, 1.54) is 5.56 Å². The first-order valence-corrected chi connectivity index (χ1v) is 11.9. The summed E-state index contributed by atoms with van der Waals surface area (Å²) >= 11 is 0. The largest absolute Gasteiger partial charge is 0.497 e. The van der Waals surface area contributed by atoms with Gasteiger partial charge >= 0.3 is 0 Å². The number of aromatic amines is 1. The quantitative estimate of drug-likeness (QED) is 0.460. The minimum atomic E-state index is -0.355. The standard InChI is InChI=1S/C26H31N7O2/c1-17-13-20-15-22(26(34)27-23(20)14-18(17)2)24(32-11-9-31(3)10-12-32)25-28-29-30-33(25)16-19-5-7-21(35-4)8-6-19/h5-8,13-15,24H,9-12,16H2,1-4H3,(H,27,34). The number of benzene rings is 2. The van der Waals surface area contributed by atoms with Gasteiger partial charge in [0.25, 0.3) is 5.56 Å². The van der Waals surface area contributed by atoms with E-state index in [-0.39, 0.29) is 11.6 Å². The van der Waals surface area contributed by atoms with Crippen LogP contribution in [0.25, 0.3) is 10.9 Å². The Hall–Kier alpha value is -3.56. The van der Waals surface area contributed by atoms with E-state index in [1.54, 1.807) is 11.8 Å². The number of nitrogens with zero attached hydrogens (tertiary/aromatic N) is 6. The number of rotatable bonds is 6. The molecule has 9 nitrogen and oxygen atoms in total. The van der Waals surface area contributed by atoms with Crippen LogP contribution >= 0.6 is 0 Å². The molecule has 2 aromatic carbocycles. The lowest BCUT2D eigenvalue weighted by atomic mass is 10.00. The van der Waals surface area contributed by atoms with Crippen LogP contribution in [0.3, 0.4) is 0 Å². The number of H-pyrrole nitrogens is 1. The Labute approximate surface area is 204 Å². The molecule has 3 heterocycles. The molecule has 1 aliphatic heterocycles. The van der Waals surface area contributed by atoms with E-state index >= 15 is 0 Å². The van der Waals surface area contributed by atoms with Crippen molar-refractivity contribution in [3.05, 3.63) is 80.9 Å². The Morgan fingerprint density at radius 3 is 2.46 bits per heavy atom. The van der Waals surface area contributed by atoms with Gasteiger partial charge in [0.2, 0.25) is 0 Å². The van der Waals surface area contributed by atoms with E-state index in [4.69, 9.17) is 4.74 Å². The molecular weight excluding hydrogens is 442 g/mol. The summed E-state index contributed by atoms with van der Waals surface area (Å²) in [6.07, 6.45) is 0. The first kappa shape index (κ1) is 23.2. The van der Waals surface area contributed by atoms with Crippen molar-refractivity contribution >= 4 is 10.9 Å². The Bertz CT molecular complexity index is 1390. The average Bonchev–Trinajstić information content (AvgIpc) is 3.30. The Balaban J connectivity index is 1.59. The van der Waals surface area contributed by atoms with Crippen molar-refractivity contribution in [3.63, 3.8) is 0 Å². The van der Waals surface area contributed by atoms with E-state index in [0.717, 1.165) is 54.0 Å². The molecule has 1 unspecified atom stereocenters. The molecule has 1 saturated heterocycles. The van der Waals surface area contributed by atoms with Gasteiger partial charge in [-0.3, -0.25) is 9.69 Å². The molecule has 35 heavy (non-hydrogen) atoms. The minimum absolute atomic E-state index is 0.108. The second-order valence-electron chi connectivity index (χ2n) is 9.36. The monoisotopic (exact) mass is 473 g/mol. The van der Waals surface area contributed by atoms with Crippen LogP contribution in [0.2, 0.25) is 0 Å². The Morgan fingerprint density at radius 2 is 1.74 bits per heavy atom. The lowest BCUT2D eigenvalue weighted by molar-refractivity contribution is 0.121. The third kappa shape index (κ3) is 4.69. The van der Waals surface area contributed by atoms with Crippen LogP contribution in [-0.4, -0.2) is 75.3 Å². The first-order chi connectivity index (χ1) is 16.9. The fourth-order valence-corrected chi connectivity index (χ4v) is 4.70. The predicted octanol–water partition coefficient (Wildman–Crippen LogP) is 2.53. The van der Waals surface area contributed by atoms with Crippen molar-refractivity contribution in [1.82, 2.24) is 35.0 Å². The molecule has 1 fully saturated rings. The number of nitrogens with one attached hydrogen (secondary N) is 1. The molecule has 1 N–H and O–H groups in total. The summed E-state index contributed by atoms with van der Waals surface area (Å²) < 4.78 is 7.08. The highest BCUT2D eigenvalue weighted by Crippen LogP contribution is 2.28. The van der Waals surface area contributed by atoms with Crippen molar-refractivity contribution in [2.75, 3.05) is 40.3 Å². The smallest absolute Gasteiger partial charge is 0.253 e. The zero-order valence-corrected chi connectivity index (χ0v) is 20.7. The SMILES string of the molecule is COc1ccc(Cn2nnnc2C(c2cc3cc(C)c(C)cc3[nH]c2=O)N2CCN(C)CC2)cc1. The molecule has 1 aliphatic rings. The van der Waals surface area contributed by atoms with Crippen LogP contribution in [0.15, 0.2) is 47.3 Å². The number of hydrogen-bond donors (Lipinski definition) is 1. The molecule has 0 aliphatic carbocycles. The topological polar surface area (TPSA) is 92.2 Å². The second-order valence-corrected chi connectivity index (χ2v) is 9.36. The van der Waals surface area contributed by atoms with Gasteiger partial charge in [0.05, 0.1) is 13.7 Å². The number of aromatic nitrogens is 5. The maximum Gasteiger partial charge on any atom is 0.253 e. The summed E-state index contributed by atoms with van der Waals surface area (Å²) in [7, 11) is 3.77. The highest BCUT2D eigenvalue weighted by molar-refractivity contribution is 5.81. The molecule has 182 valence electrons. The van der Waals surface area contributed by atoms with Gasteiger partial charge in [-0.05, 0) is 83.7 Å². The zero-order valence-electron chi connectivity index (χ0n) is 20.7. The van der Waals surface area contributed by atoms with Crippen LogP contribution in [0.4, 0.5) is 0 Å². The van der Waals surface area contributed by atoms with Crippen LogP contribution in [0, 0.1) is 13.8 Å². The van der Waals surface area contributed by atoms with Gasteiger partial charge in [-0.25, -0.2) is 4.68 Å². The van der Waals surface area contributed by atoms with Crippen molar-refractivity contribution in [2.24, 2.45) is 0 Å². The summed E-state index contributed by atoms with van der Waals surface area (Å²) in [5.41, 5.74) is 4.79. The van der Waals surface area contributed by atoms with Gasteiger partial charge in [-0.1, -0.05) is 12.1 Å². The first-order valence-electron chi connectivity index (χ1n) is 11.9. The van der Waals surface area contributed by atoms with Crippen molar-refractivity contribution in [1.29, 1.82) is 0 Å². The number of ether oxygens (including phenoxy) is 1. The molecule has 0 spiro atoms. The van der Waals surface area contributed by atoms with E-state index in [0.29, 0.717) is 17.9 Å². The number of pyridine rings is 1. The minimum Gasteiger partial charge on any atom is -0.497 e. The molecule has 0 bridgehead atoms. The molecule has 0 amide bonds. The van der Waals surface area contributed by atoms with Crippen molar-refractivity contribution in [2.45, 2.75) is 26.4 Å². The van der Waals surface area contributed by atoms with Crippen LogP contribution in [-0.2, 0) is 6.54 Å². The van der Waals surface area contributed by atoms with Gasteiger partial charge in [0.1, 0.15) is 11.8 Å². The summed E-state index contributed by atoms with van der Waals surface area (Å²) in [4.78, 5) is 21.2. The van der Waals surface area contributed by atoms with E-state index in [9.17, 15) is 4.79 Å². The lowest BCUT2D eigenvalue weighted by Gasteiger charge is -2.37. The zero-order chi connectivity index (χ0) is 24.5.